The molecule has 214 valence electrons. The zero-order valence-corrected chi connectivity index (χ0v) is 23.7. The second-order valence-electron chi connectivity index (χ2n) is 11.9. The number of hydrogen-bond donors (Lipinski definition) is 3. The molecule has 0 fully saturated rings. The van der Waals surface area contributed by atoms with Gasteiger partial charge in [0.25, 0.3) is 0 Å². The van der Waals surface area contributed by atoms with E-state index in [2.05, 4.69) is 5.32 Å². The number of carbonyl (C=O) groups excluding carboxylic acids is 2. The molecule has 2 amide bonds. The topological polar surface area (TPSA) is 135 Å². The predicted molar refractivity (Wildman–Crippen MR) is 143 cm³/mol. The SMILES string of the molecule is COCO[C@@H]1Cc2ccccc2N(C(=O)CC(C)(C)C[C@H](NC(=O)OC(C)(C)C)[C@@H](O)C[C@@H](C)C(=O)O)C1. The molecule has 0 aromatic heterocycles. The molecule has 0 bridgehead atoms. The van der Waals surface area contributed by atoms with Crippen LogP contribution in [0.1, 0.15) is 66.4 Å². The van der Waals surface area contributed by atoms with E-state index in [4.69, 9.17) is 14.2 Å². The predicted octanol–water partition coefficient (Wildman–Crippen LogP) is 3.74. The molecule has 10 nitrogen and oxygen atoms in total. The van der Waals surface area contributed by atoms with Gasteiger partial charge in [0.15, 0.2) is 0 Å². The molecular weight excluding hydrogens is 492 g/mol. The first kappa shape index (κ1) is 31.5. The minimum Gasteiger partial charge on any atom is -0.481 e. The largest absolute Gasteiger partial charge is 0.481 e. The van der Waals surface area contributed by atoms with Crippen LogP contribution in [0.5, 0.6) is 0 Å². The molecule has 1 aliphatic heterocycles. The van der Waals surface area contributed by atoms with Crippen LogP contribution < -0.4 is 10.2 Å². The molecular formula is C28H44N2O8. The number of benzene rings is 1. The molecule has 4 atom stereocenters. The number of para-hydroxylation sites is 1. The fourth-order valence-corrected chi connectivity index (χ4v) is 4.61. The maximum Gasteiger partial charge on any atom is 0.407 e. The summed E-state index contributed by atoms with van der Waals surface area (Å²) < 4.78 is 16.2. The molecule has 0 saturated heterocycles. The minimum atomic E-state index is -1.15. The van der Waals surface area contributed by atoms with Gasteiger partial charge in [-0.15, -0.1) is 0 Å². The molecule has 1 aliphatic rings. The smallest absolute Gasteiger partial charge is 0.407 e. The Morgan fingerprint density at radius 1 is 1.16 bits per heavy atom. The van der Waals surface area contributed by atoms with Crippen molar-refractivity contribution in [3.05, 3.63) is 29.8 Å². The van der Waals surface area contributed by atoms with Crippen LogP contribution >= 0.6 is 0 Å². The monoisotopic (exact) mass is 536 g/mol. The summed E-state index contributed by atoms with van der Waals surface area (Å²) in [5, 5.41) is 22.9. The highest BCUT2D eigenvalue weighted by atomic mass is 16.7. The van der Waals surface area contributed by atoms with Crippen LogP contribution in [0.25, 0.3) is 0 Å². The van der Waals surface area contributed by atoms with Crippen molar-refractivity contribution < 1.29 is 38.8 Å². The fourth-order valence-electron chi connectivity index (χ4n) is 4.61. The molecule has 2 rings (SSSR count). The second kappa shape index (κ2) is 13.4. The molecule has 38 heavy (non-hydrogen) atoms. The molecule has 0 radical (unpaired) electrons. The quantitative estimate of drug-likeness (QED) is 0.344. The molecule has 1 aromatic rings. The molecule has 0 aliphatic carbocycles. The van der Waals surface area contributed by atoms with Gasteiger partial charge in [0.2, 0.25) is 5.91 Å². The van der Waals surface area contributed by atoms with Gasteiger partial charge in [0, 0.05) is 25.6 Å². The standard InChI is InChI=1S/C28H44N2O8/c1-18(25(33)34)12-23(31)21(29-26(35)38-27(2,3)4)14-28(5,6)15-24(32)30-16-20(37-17-36-7)13-19-10-8-9-11-22(19)30/h8-11,18,20-21,23,31H,12-17H2,1-7H3,(H,29,35)(H,33,34)/t18-,20-,21+,23+/m1/s1. The van der Waals surface area contributed by atoms with Crippen molar-refractivity contribution in [2.24, 2.45) is 11.3 Å². The van der Waals surface area contributed by atoms with Gasteiger partial charge in [-0.2, -0.15) is 0 Å². The number of rotatable bonds is 12. The maximum absolute atomic E-state index is 13.6. The van der Waals surface area contributed by atoms with E-state index in [1.807, 2.05) is 38.1 Å². The molecule has 0 spiro atoms. The Labute approximate surface area is 225 Å². The van der Waals surface area contributed by atoms with Crippen LogP contribution in [0.4, 0.5) is 10.5 Å². The normalized spacial score (nSPS) is 18.2. The van der Waals surface area contributed by atoms with Crippen LogP contribution in [-0.4, -0.2) is 72.5 Å². The van der Waals surface area contributed by atoms with Crippen molar-refractivity contribution in [3.63, 3.8) is 0 Å². The summed E-state index contributed by atoms with van der Waals surface area (Å²) in [5.74, 6) is -1.97. The molecule has 0 unspecified atom stereocenters. The van der Waals surface area contributed by atoms with Gasteiger partial charge in [-0.05, 0) is 50.7 Å². The van der Waals surface area contributed by atoms with Crippen LogP contribution in [-0.2, 0) is 30.2 Å². The number of fused-ring (bicyclic) bond motifs is 1. The lowest BCUT2D eigenvalue weighted by molar-refractivity contribution is -0.142. The third-order valence-corrected chi connectivity index (χ3v) is 6.42. The number of aliphatic hydroxyl groups is 1. The molecule has 10 heteroatoms. The van der Waals surface area contributed by atoms with E-state index in [1.54, 1.807) is 32.8 Å². The number of carboxylic acid groups (broad SMARTS) is 1. The van der Waals surface area contributed by atoms with Gasteiger partial charge >= 0.3 is 12.1 Å². The first-order valence-corrected chi connectivity index (χ1v) is 13.0. The van der Waals surface area contributed by atoms with E-state index in [0.29, 0.717) is 13.0 Å². The Morgan fingerprint density at radius 2 is 1.82 bits per heavy atom. The van der Waals surface area contributed by atoms with Gasteiger partial charge in [0.05, 0.1) is 30.7 Å². The third kappa shape index (κ3) is 9.89. The number of methoxy groups -OCH3 is 1. The third-order valence-electron chi connectivity index (χ3n) is 6.42. The lowest BCUT2D eigenvalue weighted by Gasteiger charge is -2.38. The summed E-state index contributed by atoms with van der Waals surface area (Å²) in [6.07, 6.45) is -1.10. The summed E-state index contributed by atoms with van der Waals surface area (Å²) in [4.78, 5) is 39.3. The number of amides is 2. The summed E-state index contributed by atoms with van der Waals surface area (Å²) in [6.45, 7) is 11.0. The van der Waals surface area contributed by atoms with Crippen LogP contribution in [0.3, 0.4) is 0 Å². The number of anilines is 1. The maximum atomic E-state index is 13.6. The van der Waals surface area contributed by atoms with E-state index in [1.165, 1.54) is 6.92 Å². The van der Waals surface area contributed by atoms with E-state index in [0.717, 1.165) is 11.3 Å². The number of alkyl carbamates (subject to hydrolysis) is 1. The summed E-state index contributed by atoms with van der Waals surface area (Å²) in [6, 6.07) is 6.89. The van der Waals surface area contributed by atoms with E-state index in [9.17, 15) is 24.6 Å². The fraction of sp³-hybridized carbons (Fsp3) is 0.679. The van der Waals surface area contributed by atoms with E-state index >= 15 is 0 Å². The zero-order valence-electron chi connectivity index (χ0n) is 23.7. The summed E-state index contributed by atoms with van der Waals surface area (Å²) >= 11 is 0. The van der Waals surface area contributed by atoms with E-state index < -0.39 is 41.1 Å². The number of carboxylic acids is 1. The number of nitrogens with one attached hydrogen (secondary N) is 1. The van der Waals surface area contributed by atoms with Crippen molar-refractivity contribution in [2.75, 3.05) is 25.3 Å². The average Bonchev–Trinajstić information content (AvgIpc) is 2.79. The van der Waals surface area contributed by atoms with Crippen LogP contribution in [0, 0.1) is 11.3 Å². The number of aliphatic carboxylic acids is 1. The van der Waals surface area contributed by atoms with Gasteiger partial charge in [-0.1, -0.05) is 39.0 Å². The second-order valence-corrected chi connectivity index (χ2v) is 11.9. The highest BCUT2D eigenvalue weighted by Gasteiger charge is 2.36. The van der Waals surface area contributed by atoms with Gasteiger partial charge in [-0.25, -0.2) is 4.79 Å². The van der Waals surface area contributed by atoms with Crippen LogP contribution in [0.15, 0.2) is 24.3 Å². The Balaban J connectivity index is 2.20. The van der Waals surface area contributed by atoms with E-state index in [-0.39, 0.29) is 38.1 Å². The van der Waals surface area contributed by atoms with Gasteiger partial charge in [0.1, 0.15) is 12.4 Å². The van der Waals surface area contributed by atoms with Crippen molar-refractivity contribution in [1.29, 1.82) is 0 Å². The Bertz CT molecular complexity index is 958. The summed E-state index contributed by atoms with van der Waals surface area (Å²) in [5.41, 5.74) is 0.444. The first-order valence-electron chi connectivity index (χ1n) is 13.0. The average molecular weight is 537 g/mol. The number of nitrogens with zero attached hydrogens (tertiary/aromatic N) is 1. The number of aliphatic hydroxyl groups excluding tert-OH is 1. The zero-order chi connectivity index (χ0) is 28.7. The van der Waals surface area contributed by atoms with Gasteiger partial charge in [-0.3, -0.25) is 9.59 Å². The number of carbonyl (C=O) groups is 3. The lowest BCUT2D eigenvalue weighted by atomic mass is 9.79. The molecule has 0 saturated carbocycles. The minimum absolute atomic E-state index is 0.0577. The lowest BCUT2D eigenvalue weighted by Crippen LogP contribution is -2.49. The van der Waals surface area contributed by atoms with Crippen molar-refractivity contribution in [1.82, 2.24) is 5.32 Å². The molecule has 3 N–H and O–H groups in total. The van der Waals surface area contributed by atoms with Crippen LogP contribution in [0.2, 0.25) is 0 Å². The Morgan fingerprint density at radius 3 is 2.42 bits per heavy atom. The highest BCUT2D eigenvalue weighted by molar-refractivity contribution is 5.95. The van der Waals surface area contributed by atoms with Crippen molar-refractivity contribution in [2.45, 2.75) is 91.1 Å². The number of hydrogen-bond acceptors (Lipinski definition) is 7. The first-order chi connectivity index (χ1) is 17.6. The summed E-state index contributed by atoms with van der Waals surface area (Å²) in [7, 11) is 1.55. The highest BCUT2D eigenvalue weighted by Crippen LogP contribution is 2.34. The number of ether oxygens (including phenoxy) is 3. The Kier molecular flexibility index (Phi) is 11.1. The van der Waals surface area contributed by atoms with Crippen molar-refractivity contribution in [3.8, 4) is 0 Å². The Hall–Kier alpha value is -2.69. The molecule has 1 heterocycles. The van der Waals surface area contributed by atoms with Crippen molar-refractivity contribution >= 4 is 23.7 Å². The van der Waals surface area contributed by atoms with Gasteiger partial charge < -0.3 is 34.6 Å². The molecule has 1 aromatic carbocycles.